The van der Waals surface area contributed by atoms with Crippen LogP contribution in [0.2, 0.25) is 0 Å². The number of anilines is 4. The summed E-state index contributed by atoms with van der Waals surface area (Å²) < 4.78 is 0. The highest BCUT2D eigenvalue weighted by Gasteiger charge is 2.20. The minimum atomic E-state index is -0.639. The first kappa shape index (κ1) is 22.5. The molecule has 2 heterocycles. The van der Waals surface area contributed by atoms with Crippen LogP contribution in [0.1, 0.15) is 37.2 Å². The Morgan fingerprint density at radius 3 is 2.27 bits per heavy atom. The number of benzene rings is 2. The van der Waals surface area contributed by atoms with Gasteiger partial charge in [-0.05, 0) is 51.0 Å². The Morgan fingerprint density at radius 1 is 1.00 bits per heavy atom. The molecule has 3 aromatic rings. The number of carbonyl (C=O) groups is 1. The van der Waals surface area contributed by atoms with E-state index in [2.05, 4.69) is 32.7 Å². The average molecular weight is 446 g/mol. The molecule has 1 amide bonds. The molecule has 8 nitrogen and oxygen atoms in total. The van der Waals surface area contributed by atoms with Crippen molar-refractivity contribution < 1.29 is 4.79 Å². The molecular weight excluding hydrogens is 414 g/mol. The highest BCUT2D eigenvalue weighted by molar-refractivity contribution is 5.97. The summed E-state index contributed by atoms with van der Waals surface area (Å²) in [4.78, 5) is 23.9. The van der Waals surface area contributed by atoms with Gasteiger partial charge in [0.2, 0.25) is 0 Å². The normalized spacial score (nSPS) is 14.4. The molecule has 1 fully saturated rings. The van der Waals surface area contributed by atoms with Crippen LogP contribution in [0.25, 0.3) is 11.3 Å². The van der Waals surface area contributed by atoms with E-state index in [1.54, 1.807) is 0 Å². The molecule has 1 saturated heterocycles. The third kappa shape index (κ3) is 5.40. The van der Waals surface area contributed by atoms with E-state index >= 15 is 0 Å². The fraction of sp³-hybridized carbons (Fsp3) is 0.320. The molecule has 6 N–H and O–H groups in total. The summed E-state index contributed by atoms with van der Waals surface area (Å²) >= 11 is 0. The zero-order chi connectivity index (χ0) is 23.4. The number of hydrogen-bond acceptors (Lipinski definition) is 7. The van der Waals surface area contributed by atoms with Crippen LogP contribution in [0, 0.1) is 0 Å². The topological polar surface area (TPSA) is 122 Å². The van der Waals surface area contributed by atoms with Crippen molar-refractivity contribution >= 4 is 28.9 Å². The van der Waals surface area contributed by atoms with Gasteiger partial charge < -0.3 is 27.0 Å². The van der Waals surface area contributed by atoms with Crippen molar-refractivity contribution in [3.8, 4) is 11.3 Å². The summed E-state index contributed by atoms with van der Waals surface area (Å²) in [5, 5.41) is 6.57. The summed E-state index contributed by atoms with van der Waals surface area (Å²) in [7, 11) is 0. The molecule has 1 aliphatic rings. The van der Waals surface area contributed by atoms with Crippen LogP contribution >= 0.6 is 0 Å². The molecule has 2 aromatic carbocycles. The Bertz CT molecular complexity index is 1090. The molecule has 0 radical (unpaired) electrons. The minimum absolute atomic E-state index is 0.0947. The highest BCUT2D eigenvalue weighted by atomic mass is 16.1. The number of hydrogen-bond donors (Lipinski definition) is 4. The Labute approximate surface area is 194 Å². The van der Waals surface area contributed by atoms with Crippen LogP contribution in [0.3, 0.4) is 0 Å². The molecule has 1 aliphatic heterocycles. The second-order valence-corrected chi connectivity index (χ2v) is 8.64. The van der Waals surface area contributed by atoms with Gasteiger partial charge in [0.05, 0.1) is 0 Å². The lowest BCUT2D eigenvalue weighted by Crippen LogP contribution is -2.39. The fourth-order valence-electron chi connectivity index (χ4n) is 3.92. The van der Waals surface area contributed by atoms with Crippen LogP contribution in [-0.2, 0) is 0 Å². The van der Waals surface area contributed by atoms with Crippen LogP contribution in [0.5, 0.6) is 0 Å². The Hall–Kier alpha value is -3.65. The predicted molar refractivity (Wildman–Crippen MR) is 134 cm³/mol. The summed E-state index contributed by atoms with van der Waals surface area (Å²) in [5.41, 5.74) is 15.2. The minimum Gasteiger partial charge on any atom is -0.371 e. The zero-order valence-corrected chi connectivity index (χ0v) is 19.1. The molecule has 1 aromatic heterocycles. The van der Waals surface area contributed by atoms with Gasteiger partial charge in [-0.25, -0.2) is 9.97 Å². The van der Waals surface area contributed by atoms with Crippen molar-refractivity contribution in [3.63, 3.8) is 0 Å². The van der Waals surface area contributed by atoms with E-state index in [1.807, 2.05) is 56.3 Å². The summed E-state index contributed by atoms with van der Waals surface area (Å²) in [6.45, 7) is 5.96. The van der Waals surface area contributed by atoms with Crippen molar-refractivity contribution in [3.05, 3.63) is 60.3 Å². The fourth-order valence-corrected chi connectivity index (χ4v) is 3.92. The SMILES string of the molecule is CC(C)Nc1nc(Nc2ccc(N3CCC(N)CC3)cc2)c(C(N)=O)nc1-c1ccccc1. The molecule has 4 rings (SSSR count). The van der Waals surface area contributed by atoms with Crippen molar-refractivity contribution in [1.82, 2.24) is 9.97 Å². The van der Waals surface area contributed by atoms with Gasteiger partial charge in [0.1, 0.15) is 5.69 Å². The monoisotopic (exact) mass is 445 g/mol. The van der Waals surface area contributed by atoms with Gasteiger partial charge in [0.15, 0.2) is 17.3 Å². The van der Waals surface area contributed by atoms with E-state index in [4.69, 9.17) is 16.5 Å². The lowest BCUT2D eigenvalue weighted by Gasteiger charge is -2.32. The van der Waals surface area contributed by atoms with Crippen LogP contribution in [0.15, 0.2) is 54.6 Å². The van der Waals surface area contributed by atoms with Gasteiger partial charge in [-0.3, -0.25) is 4.79 Å². The molecule has 0 spiro atoms. The number of nitrogens with zero attached hydrogens (tertiary/aromatic N) is 3. The van der Waals surface area contributed by atoms with Crippen LogP contribution < -0.4 is 27.0 Å². The van der Waals surface area contributed by atoms with Crippen molar-refractivity contribution in [1.29, 1.82) is 0 Å². The molecule has 0 atom stereocenters. The van der Waals surface area contributed by atoms with Crippen molar-refractivity contribution in [2.75, 3.05) is 28.6 Å². The van der Waals surface area contributed by atoms with Gasteiger partial charge in [-0.15, -0.1) is 0 Å². The van der Waals surface area contributed by atoms with Gasteiger partial charge in [0.25, 0.3) is 5.91 Å². The maximum Gasteiger partial charge on any atom is 0.271 e. The number of rotatable bonds is 7. The summed E-state index contributed by atoms with van der Waals surface area (Å²) in [5.74, 6) is 0.270. The zero-order valence-electron chi connectivity index (χ0n) is 19.1. The predicted octanol–water partition coefficient (Wildman–Crippen LogP) is 3.73. The molecule has 0 bridgehead atoms. The maximum absolute atomic E-state index is 12.3. The number of nitrogens with two attached hydrogens (primary N) is 2. The smallest absolute Gasteiger partial charge is 0.271 e. The maximum atomic E-state index is 12.3. The molecular formula is C25H31N7O. The number of carbonyl (C=O) groups excluding carboxylic acids is 1. The number of nitrogens with one attached hydrogen (secondary N) is 2. The quantitative estimate of drug-likeness (QED) is 0.437. The van der Waals surface area contributed by atoms with E-state index in [-0.39, 0.29) is 11.7 Å². The van der Waals surface area contributed by atoms with Gasteiger partial charge in [-0.2, -0.15) is 0 Å². The third-order valence-corrected chi connectivity index (χ3v) is 5.64. The highest BCUT2D eigenvalue weighted by Crippen LogP contribution is 2.30. The summed E-state index contributed by atoms with van der Waals surface area (Å²) in [6.07, 6.45) is 1.99. The van der Waals surface area contributed by atoms with E-state index in [0.717, 1.165) is 42.9 Å². The Balaban J connectivity index is 1.64. The first-order valence-electron chi connectivity index (χ1n) is 11.3. The number of aromatic nitrogens is 2. The average Bonchev–Trinajstić information content (AvgIpc) is 2.80. The lowest BCUT2D eigenvalue weighted by atomic mass is 10.1. The first-order valence-corrected chi connectivity index (χ1v) is 11.3. The molecule has 33 heavy (non-hydrogen) atoms. The van der Waals surface area contributed by atoms with E-state index in [0.29, 0.717) is 23.4 Å². The van der Waals surface area contributed by atoms with Crippen LogP contribution in [0.4, 0.5) is 23.0 Å². The van der Waals surface area contributed by atoms with Gasteiger partial charge >= 0.3 is 0 Å². The number of primary amides is 1. The largest absolute Gasteiger partial charge is 0.371 e. The van der Waals surface area contributed by atoms with Gasteiger partial charge in [-0.1, -0.05) is 30.3 Å². The molecule has 0 unspecified atom stereocenters. The second-order valence-electron chi connectivity index (χ2n) is 8.64. The molecule has 0 aliphatic carbocycles. The lowest BCUT2D eigenvalue weighted by molar-refractivity contribution is 0.0996. The standard InChI is InChI=1S/C25H31N7O/c1-16(2)28-24-21(17-6-4-3-5-7-17)30-22(23(27)33)25(31-24)29-19-8-10-20(11-9-19)32-14-12-18(26)13-15-32/h3-11,16,18H,12-15,26H2,1-2H3,(H2,27,33)(H2,28,29,31). The van der Waals surface area contributed by atoms with Gasteiger partial charge in [0, 0.05) is 42.1 Å². The van der Waals surface area contributed by atoms with Crippen LogP contribution in [-0.4, -0.2) is 41.0 Å². The second kappa shape index (κ2) is 9.87. The van der Waals surface area contributed by atoms with E-state index in [1.165, 1.54) is 0 Å². The summed E-state index contributed by atoms with van der Waals surface area (Å²) in [6, 6.07) is 18.1. The van der Waals surface area contributed by atoms with Crippen molar-refractivity contribution in [2.24, 2.45) is 11.5 Å². The number of amides is 1. The Kier molecular flexibility index (Phi) is 6.74. The molecule has 0 saturated carbocycles. The van der Waals surface area contributed by atoms with Crippen molar-refractivity contribution in [2.45, 2.75) is 38.8 Å². The first-order chi connectivity index (χ1) is 15.9. The number of piperidine rings is 1. The van der Waals surface area contributed by atoms with E-state index < -0.39 is 5.91 Å². The molecule has 172 valence electrons. The Morgan fingerprint density at radius 2 is 1.67 bits per heavy atom. The molecule has 8 heteroatoms. The van der Waals surface area contributed by atoms with E-state index in [9.17, 15) is 4.79 Å². The third-order valence-electron chi connectivity index (χ3n) is 5.64.